The molecule has 0 radical (unpaired) electrons. The lowest BCUT2D eigenvalue weighted by atomic mass is 10.1. The van der Waals surface area contributed by atoms with Crippen LogP contribution < -0.4 is 9.64 Å². The van der Waals surface area contributed by atoms with E-state index in [4.69, 9.17) is 4.74 Å². The predicted octanol–water partition coefficient (Wildman–Crippen LogP) is -0.0951. The number of carbonyl (C=O) groups excluding carboxylic acids is 1. The average molecular weight is 382 g/mol. The molecule has 0 aromatic heterocycles. The third kappa shape index (κ3) is 4.38. The highest BCUT2D eigenvalue weighted by atomic mass is 32.2. The van der Waals surface area contributed by atoms with E-state index in [9.17, 15) is 13.2 Å². The summed E-state index contributed by atoms with van der Waals surface area (Å²) in [5.74, 6) is 1.41. The van der Waals surface area contributed by atoms with Gasteiger partial charge in [0.15, 0.2) is 16.4 Å². The van der Waals surface area contributed by atoms with Gasteiger partial charge in [0.1, 0.15) is 17.5 Å². The van der Waals surface area contributed by atoms with Crippen LogP contribution in [0.3, 0.4) is 0 Å². The van der Waals surface area contributed by atoms with Crippen molar-refractivity contribution in [1.82, 2.24) is 4.90 Å². The Kier molecular flexibility index (Phi) is 5.58. The maximum Gasteiger partial charge on any atom is 0.260 e. The van der Waals surface area contributed by atoms with Crippen LogP contribution in [0.1, 0.15) is 23.1 Å². The maximum atomic E-state index is 12.5. The molecule has 6 nitrogen and oxygen atoms in total. The number of benzene rings is 1. The van der Waals surface area contributed by atoms with Crippen LogP contribution in [0.25, 0.3) is 0 Å². The second-order valence-corrected chi connectivity index (χ2v) is 9.88. The summed E-state index contributed by atoms with van der Waals surface area (Å²) in [5.41, 5.74) is 3.28. The number of rotatable bonds is 4. The molecule has 26 heavy (non-hydrogen) atoms. The molecule has 2 fully saturated rings. The first kappa shape index (κ1) is 19.2. The van der Waals surface area contributed by atoms with Crippen LogP contribution >= 0.6 is 0 Å². The van der Waals surface area contributed by atoms with Crippen molar-refractivity contribution in [2.45, 2.75) is 33.2 Å². The molecule has 0 spiro atoms. The Hall–Kier alpha value is -1.60. The van der Waals surface area contributed by atoms with Crippen LogP contribution in [-0.2, 0) is 14.6 Å². The van der Waals surface area contributed by atoms with Gasteiger partial charge in [-0.2, -0.15) is 0 Å². The largest absolute Gasteiger partial charge is 0.483 e. The number of hydrogen-bond donors (Lipinski definition) is 1. The minimum atomic E-state index is -2.85. The van der Waals surface area contributed by atoms with E-state index >= 15 is 0 Å². The minimum absolute atomic E-state index is 0.00229. The van der Waals surface area contributed by atoms with Gasteiger partial charge in [0, 0.05) is 6.42 Å². The fourth-order valence-corrected chi connectivity index (χ4v) is 6.01. The van der Waals surface area contributed by atoms with E-state index in [1.807, 2.05) is 25.7 Å². The van der Waals surface area contributed by atoms with E-state index in [2.05, 4.69) is 12.1 Å². The Morgan fingerprint density at radius 2 is 1.81 bits per heavy atom. The lowest BCUT2D eigenvalue weighted by Crippen LogP contribution is -3.18. The van der Waals surface area contributed by atoms with Gasteiger partial charge in [0.05, 0.1) is 31.9 Å². The average Bonchev–Trinajstić information content (AvgIpc) is 2.94. The molecule has 1 aromatic rings. The number of ether oxygens (including phenoxy) is 1. The van der Waals surface area contributed by atoms with Crippen molar-refractivity contribution in [1.29, 1.82) is 0 Å². The van der Waals surface area contributed by atoms with Gasteiger partial charge in [0.25, 0.3) is 5.91 Å². The Bertz CT molecular complexity index is 760. The van der Waals surface area contributed by atoms with Gasteiger partial charge < -0.3 is 14.5 Å². The topological polar surface area (TPSA) is 68.1 Å². The zero-order chi connectivity index (χ0) is 18.9. The van der Waals surface area contributed by atoms with Gasteiger partial charge in [-0.25, -0.2) is 8.42 Å². The van der Waals surface area contributed by atoms with Gasteiger partial charge in [-0.1, -0.05) is 17.7 Å². The smallest absolute Gasteiger partial charge is 0.260 e. The lowest BCUT2D eigenvalue weighted by molar-refractivity contribution is -0.925. The molecular weight excluding hydrogens is 352 g/mol. The number of nitrogens with zero attached hydrogens (tertiary/aromatic N) is 1. The standard InChI is InChI=1S/C19H28N2O4S/c1-14-10-15(2)19(16(3)11-14)25-12-18(22)21-7-5-20(6-8-21)17-4-9-26(23,24)13-17/h10-11,17H,4-9,12-13H2,1-3H3/p+1/t17-/m1/s1. The molecule has 2 aliphatic rings. The summed E-state index contributed by atoms with van der Waals surface area (Å²) < 4.78 is 29.1. The van der Waals surface area contributed by atoms with E-state index in [1.54, 1.807) is 0 Å². The summed E-state index contributed by atoms with van der Waals surface area (Å²) in [5, 5.41) is 0. The van der Waals surface area contributed by atoms with Crippen LogP contribution in [0.5, 0.6) is 5.75 Å². The Morgan fingerprint density at radius 1 is 1.19 bits per heavy atom. The summed E-state index contributed by atoms with van der Waals surface area (Å²) in [4.78, 5) is 15.6. The van der Waals surface area contributed by atoms with Crippen LogP contribution in [0.2, 0.25) is 0 Å². The van der Waals surface area contributed by atoms with Gasteiger partial charge in [-0.15, -0.1) is 0 Å². The molecule has 0 unspecified atom stereocenters. The van der Waals surface area contributed by atoms with Crippen molar-refractivity contribution in [3.8, 4) is 5.75 Å². The lowest BCUT2D eigenvalue weighted by Gasteiger charge is -2.35. The molecule has 0 aliphatic carbocycles. The van der Waals surface area contributed by atoms with Crippen LogP contribution in [0.4, 0.5) is 0 Å². The molecule has 1 N–H and O–H groups in total. The number of sulfone groups is 1. The summed E-state index contributed by atoms with van der Waals surface area (Å²) in [6.07, 6.45) is 0.751. The van der Waals surface area contributed by atoms with Gasteiger partial charge >= 0.3 is 0 Å². The quantitative estimate of drug-likeness (QED) is 0.791. The van der Waals surface area contributed by atoms with E-state index in [0.717, 1.165) is 36.4 Å². The molecule has 7 heteroatoms. The molecule has 3 rings (SSSR count). The van der Waals surface area contributed by atoms with Crippen LogP contribution in [0.15, 0.2) is 12.1 Å². The molecule has 144 valence electrons. The number of quaternary nitrogens is 1. The predicted molar refractivity (Wildman–Crippen MR) is 100 cm³/mol. The van der Waals surface area contributed by atoms with Crippen molar-refractivity contribution in [2.24, 2.45) is 0 Å². The molecule has 0 bridgehead atoms. The van der Waals surface area contributed by atoms with Crippen molar-refractivity contribution < 1.29 is 22.8 Å². The maximum absolute atomic E-state index is 12.5. The third-order valence-electron chi connectivity index (χ3n) is 5.51. The highest BCUT2D eigenvalue weighted by molar-refractivity contribution is 7.91. The fraction of sp³-hybridized carbons (Fsp3) is 0.632. The van der Waals surface area contributed by atoms with E-state index in [-0.39, 0.29) is 18.6 Å². The molecule has 2 aliphatic heterocycles. The van der Waals surface area contributed by atoms with E-state index in [1.165, 1.54) is 10.5 Å². The van der Waals surface area contributed by atoms with E-state index < -0.39 is 9.84 Å². The fourth-order valence-electron chi connectivity index (χ4n) is 4.19. The monoisotopic (exact) mass is 381 g/mol. The van der Waals surface area contributed by atoms with Crippen LogP contribution in [-0.4, -0.2) is 69.6 Å². The zero-order valence-electron chi connectivity index (χ0n) is 15.9. The molecule has 2 saturated heterocycles. The second-order valence-electron chi connectivity index (χ2n) is 7.66. The number of piperazine rings is 1. The summed E-state index contributed by atoms with van der Waals surface area (Å²) in [6.45, 7) is 9.06. The molecule has 0 saturated carbocycles. The molecule has 1 aromatic carbocycles. The normalized spacial score (nSPS) is 23.2. The molecule has 1 amide bonds. The van der Waals surface area contributed by atoms with Crippen molar-refractivity contribution in [3.05, 3.63) is 28.8 Å². The van der Waals surface area contributed by atoms with Gasteiger partial charge in [-0.05, 0) is 31.9 Å². The molecular formula is C19H29N2O4S+. The number of aryl methyl sites for hydroxylation is 3. The number of carbonyl (C=O) groups is 1. The first-order valence-electron chi connectivity index (χ1n) is 9.28. The number of nitrogens with one attached hydrogen (secondary N) is 1. The summed E-state index contributed by atoms with van der Waals surface area (Å²) >= 11 is 0. The SMILES string of the molecule is Cc1cc(C)c(OCC(=O)N2CC[NH+]([C@@H]3CCS(=O)(=O)C3)CC2)c(C)c1. The van der Waals surface area contributed by atoms with E-state index in [0.29, 0.717) is 24.6 Å². The summed E-state index contributed by atoms with van der Waals surface area (Å²) in [7, 11) is -2.85. The van der Waals surface area contributed by atoms with Crippen molar-refractivity contribution >= 4 is 15.7 Å². The summed E-state index contributed by atoms with van der Waals surface area (Å²) in [6, 6.07) is 4.32. The Labute approximate surface area is 156 Å². The third-order valence-corrected chi connectivity index (χ3v) is 7.28. The highest BCUT2D eigenvalue weighted by Crippen LogP contribution is 2.24. The molecule has 1 atom stereocenters. The first-order chi connectivity index (χ1) is 12.2. The van der Waals surface area contributed by atoms with Crippen molar-refractivity contribution in [2.75, 3.05) is 44.3 Å². The van der Waals surface area contributed by atoms with Crippen molar-refractivity contribution in [3.63, 3.8) is 0 Å². The molecule has 2 heterocycles. The zero-order valence-corrected chi connectivity index (χ0v) is 16.7. The first-order valence-corrected chi connectivity index (χ1v) is 11.1. The Balaban J connectivity index is 1.50. The van der Waals surface area contributed by atoms with Crippen LogP contribution in [0, 0.1) is 20.8 Å². The van der Waals surface area contributed by atoms with Gasteiger partial charge in [-0.3, -0.25) is 4.79 Å². The second kappa shape index (κ2) is 7.56. The highest BCUT2D eigenvalue weighted by Gasteiger charge is 2.37. The van der Waals surface area contributed by atoms with Gasteiger partial charge in [0.2, 0.25) is 0 Å². The minimum Gasteiger partial charge on any atom is -0.483 e. The Morgan fingerprint density at radius 3 is 2.35 bits per heavy atom. The number of hydrogen-bond acceptors (Lipinski definition) is 4. The number of amides is 1.